The molecule has 0 radical (unpaired) electrons. The highest BCUT2D eigenvalue weighted by atomic mass is 19.1. The molecule has 0 N–H and O–H groups in total. The maximum absolute atomic E-state index is 12.6. The van der Waals surface area contributed by atoms with Crippen molar-refractivity contribution in [3.63, 3.8) is 0 Å². The number of hydrogen-bond acceptors (Lipinski definition) is 3. The van der Waals surface area contributed by atoms with Crippen LogP contribution in [-0.2, 0) is 14.2 Å². The Labute approximate surface area is 305 Å². The van der Waals surface area contributed by atoms with Gasteiger partial charge in [-0.2, -0.15) is 0 Å². The van der Waals surface area contributed by atoms with Gasteiger partial charge >= 0.3 is 0 Å². The first kappa shape index (κ1) is 47.3. The van der Waals surface area contributed by atoms with E-state index >= 15 is 0 Å². The topological polar surface area (TPSA) is 27.7 Å². The summed E-state index contributed by atoms with van der Waals surface area (Å²) in [6.07, 6.45) is 7.13. The highest BCUT2D eigenvalue weighted by molar-refractivity contribution is 5.24. The molecule has 5 rings (SSSR count). The molecule has 286 valence electrons. The molecule has 1 heterocycles. The smallest absolute Gasteiger partial charge is 0.154 e. The van der Waals surface area contributed by atoms with E-state index in [9.17, 15) is 13.2 Å². The van der Waals surface area contributed by atoms with E-state index in [1.807, 2.05) is 19.9 Å². The van der Waals surface area contributed by atoms with Crippen LogP contribution in [0.1, 0.15) is 108 Å². The fraction of sp³-hybridized carbons (Fsp3) is 0.591. The Balaban J connectivity index is 0. The van der Waals surface area contributed by atoms with Crippen LogP contribution in [-0.4, -0.2) is 33.2 Å². The molecule has 1 aliphatic heterocycles. The van der Waals surface area contributed by atoms with E-state index in [4.69, 9.17) is 14.2 Å². The number of benzene rings is 3. The molecule has 6 heteroatoms. The fourth-order valence-corrected chi connectivity index (χ4v) is 4.63. The Bertz CT molecular complexity index is 1200. The molecule has 0 spiro atoms. The Morgan fingerprint density at radius 1 is 0.640 bits per heavy atom. The van der Waals surface area contributed by atoms with Gasteiger partial charge in [0, 0.05) is 26.6 Å². The molecule has 1 saturated heterocycles. The molecule has 1 saturated carbocycles. The maximum atomic E-state index is 12.6. The Morgan fingerprint density at radius 3 is 1.36 bits per heavy atom. The molecular formula is C44H71F3O3. The predicted octanol–water partition coefficient (Wildman–Crippen LogP) is 13.1. The van der Waals surface area contributed by atoms with E-state index in [1.165, 1.54) is 68.4 Å². The number of ether oxygens (including phenoxy) is 3. The predicted molar refractivity (Wildman–Crippen MR) is 208 cm³/mol. The summed E-state index contributed by atoms with van der Waals surface area (Å²) in [4.78, 5) is 0. The molecular weight excluding hydrogens is 633 g/mol. The zero-order valence-corrected chi connectivity index (χ0v) is 33.6. The summed E-state index contributed by atoms with van der Waals surface area (Å²) in [7, 11) is 1.74. The lowest BCUT2D eigenvalue weighted by molar-refractivity contribution is -0.187. The number of halogens is 3. The van der Waals surface area contributed by atoms with Crippen molar-refractivity contribution in [3.8, 4) is 0 Å². The summed E-state index contributed by atoms with van der Waals surface area (Å²) in [5.41, 5.74) is 5.04. The lowest BCUT2D eigenvalue weighted by Gasteiger charge is -2.24. The highest BCUT2D eigenvalue weighted by Crippen LogP contribution is 2.27. The van der Waals surface area contributed by atoms with Crippen LogP contribution in [0.5, 0.6) is 0 Å². The van der Waals surface area contributed by atoms with Crippen molar-refractivity contribution in [2.45, 2.75) is 121 Å². The van der Waals surface area contributed by atoms with Crippen LogP contribution in [0, 0.1) is 82.7 Å². The van der Waals surface area contributed by atoms with Crippen molar-refractivity contribution < 1.29 is 28.8 Å². The normalized spacial score (nSPS) is 19.9. The molecule has 0 bridgehead atoms. The van der Waals surface area contributed by atoms with Gasteiger partial charge in [-0.3, -0.25) is 0 Å². The van der Waals surface area contributed by atoms with E-state index in [1.54, 1.807) is 27.0 Å². The SMILES string of the molecule is CC1CCC(C)CC1.CC1COC(C)OC1.CCC(C)COC.Cc1cc(F)c(C)c(F)c1.Cc1ccc(C)c(F)c1.Cc1ccc(C)cc1.[HH]. The van der Waals surface area contributed by atoms with Crippen LogP contribution in [0.3, 0.4) is 0 Å². The standard InChI is InChI=1S/C8H8F2.C8H9F.C8H16.C8H10.C6H12O2.C6H14O.H2/c1-5-3-7(9)6(2)8(10)4-5;1-6-3-4-7(2)8(9)5-6;2*1-7-3-5-8(2)6-4-7;1-5-3-7-6(2)8-4-5;1-4-6(2)5-7-3;/h3-4H,1-2H3;3-5H,1-2H3;7-8H,3-6H2,1-2H3;3-6H,1-2H3;5-6H,3-4H2,1-2H3;6H,4-5H2,1-3H3;1H. The van der Waals surface area contributed by atoms with Gasteiger partial charge < -0.3 is 14.2 Å². The molecule has 3 aromatic carbocycles. The van der Waals surface area contributed by atoms with Gasteiger partial charge in [-0.1, -0.05) is 114 Å². The summed E-state index contributed by atoms with van der Waals surface area (Å²) in [5, 5.41) is 0. The quantitative estimate of drug-likeness (QED) is 0.272. The number of hydrogen-bond donors (Lipinski definition) is 0. The third-order valence-electron chi connectivity index (χ3n) is 8.65. The van der Waals surface area contributed by atoms with Gasteiger partial charge in [-0.15, -0.1) is 0 Å². The fourth-order valence-electron chi connectivity index (χ4n) is 4.63. The van der Waals surface area contributed by atoms with Gasteiger partial charge in [-0.25, -0.2) is 13.2 Å². The van der Waals surface area contributed by atoms with Gasteiger partial charge in [0.15, 0.2) is 6.29 Å². The van der Waals surface area contributed by atoms with Crippen LogP contribution < -0.4 is 0 Å². The van der Waals surface area contributed by atoms with Crippen LogP contribution in [0.15, 0.2) is 54.6 Å². The molecule has 0 amide bonds. The van der Waals surface area contributed by atoms with Gasteiger partial charge in [0.05, 0.1) is 13.2 Å². The second-order valence-corrected chi connectivity index (χ2v) is 14.4. The first-order valence-electron chi connectivity index (χ1n) is 18.4. The molecule has 3 nitrogen and oxygen atoms in total. The van der Waals surface area contributed by atoms with Crippen LogP contribution in [0.2, 0.25) is 0 Å². The first-order chi connectivity index (χ1) is 23.5. The zero-order valence-electron chi connectivity index (χ0n) is 33.6. The minimum atomic E-state index is -0.475. The van der Waals surface area contributed by atoms with E-state index in [0.29, 0.717) is 17.0 Å². The summed E-state index contributed by atoms with van der Waals surface area (Å²) < 4.78 is 53.0. The first-order valence-corrected chi connectivity index (χ1v) is 18.4. The second-order valence-electron chi connectivity index (χ2n) is 14.4. The summed E-state index contributed by atoms with van der Waals surface area (Å²) >= 11 is 0. The Morgan fingerprint density at radius 2 is 1.04 bits per heavy atom. The maximum Gasteiger partial charge on any atom is 0.154 e. The molecule has 2 aliphatic rings. The molecule has 3 aromatic rings. The van der Waals surface area contributed by atoms with Gasteiger partial charge in [0.2, 0.25) is 0 Å². The summed E-state index contributed by atoms with van der Waals surface area (Å²) in [6, 6.07) is 16.3. The minimum absolute atomic E-state index is 0. The van der Waals surface area contributed by atoms with Gasteiger partial charge in [0.1, 0.15) is 17.5 Å². The minimum Gasteiger partial charge on any atom is -0.384 e. The average molecular weight is 705 g/mol. The third kappa shape index (κ3) is 23.7. The molecule has 50 heavy (non-hydrogen) atoms. The van der Waals surface area contributed by atoms with Crippen molar-refractivity contribution in [1.29, 1.82) is 0 Å². The van der Waals surface area contributed by atoms with E-state index in [0.717, 1.165) is 43.1 Å². The third-order valence-corrected chi connectivity index (χ3v) is 8.65. The number of rotatable bonds is 3. The lowest BCUT2D eigenvalue weighted by atomic mass is 9.84. The van der Waals surface area contributed by atoms with Crippen LogP contribution in [0.4, 0.5) is 13.2 Å². The largest absolute Gasteiger partial charge is 0.384 e. The molecule has 1 aliphatic carbocycles. The van der Waals surface area contributed by atoms with E-state index in [-0.39, 0.29) is 19.1 Å². The van der Waals surface area contributed by atoms with E-state index < -0.39 is 11.6 Å². The van der Waals surface area contributed by atoms with Crippen LogP contribution in [0.25, 0.3) is 0 Å². The monoisotopic (exact) mass is 705 g/mol. The van der Waals surface area contributed by atoms with Gasteiger partial charge in [-0.05, 0) is 101 Å². The second kappa shape index (κ2) is 27.0. The van der Waals surface area contributed by atoms with Crippen molar-refractivity contribution in [1.82, 2.24) is 0 Å². The lowest BCUT2D eigenvalue weighted by Crippen LogP contribution is -2.27. The van der Waals surface area contributed by atoms with Crippen molar-refractivity contribution >= 4 is 0 Å². The van der Waals surface area contributed by atoms with Crippen molar-refractivity contribution in [2.75, 3.05) is 26.9 Å². The highest BCUT2D eigenvalue weighted by Gasteiger charge is 2.14. The van der Waals surface area contributed by atoms with Gasteiger partial charge in [0.25, 0.3) is 0 Å². The molecule has 1 unspecified atom stereocenters. The molecule has 1 atom stereocenters. The van der Waals surface area contributed by atoms with Crippen molar-refractivity contribution in [2.24, 2.45) is 23.7 Å². The summed E-state index contributed by atoms with van der Waals surface area (Å²) in [5.74, 6) is 2.28. The van der Waals surface area contributed by atoms with E-state index in [2.05, 4.69) is 72.7 Å². The number of aryl methyl sites for hydroxylation is 5. The Hall–Kier alpha value is -2.67. The summed E-state index contributed by atoms with van der Waals surface area (Å²) in [6.45, 7) is 26.6. The van der Waals surface area contributed by atoms with Crippen molar-refractivity contribution in [3.05, 3.63) is 105 Å². The number of methoxy groups -OCH3 is 1. The Kier molecular flexibility index (Phi) is 25.6. The van der Waals surface area contributed by atoms with Crippen LogP contribution >= 0.6 is 0 Å². The average Bonchev–Trinajstić information content (AvgIpc) is 3.07. The molecule has 2 fully saturated rings. The zero-order chi connectivity index (χ0) is 38.2. The molecule has 0 aromatic heterocycles.